The molecule has 2 aromatic heterocycles. The third-order valence-corrected chi connectivity index (χ3v) is 5.35. The van der Waals surface area contributed by atoms with Crippen LogP contribution in [-0.2, 0) is 0 Å². The van der Waals surface area contributed by atoms with Gasteiger partial charge in [0.15, 0.2) is 0 Å². The number of nitriles is 1. The molecule has 0 aliphatic rings. The van der Waals surface area contributed by atoms with Crippen molar-refractivity contribution in [3.05, 3.63) is 95.9 Å². The summed E-state index contributed by atoms with van der Waals surface area (Å²) >= 11 is 0. The van der Waals surface area contributed by atoms with E-state index in [9.17, 15) is 9.65 Å². The Balaban J connectivity index is 1.77. The lowest BCUT2D eigenvalue weighted by atomic mass is 10.0. The minimum atomic E-state index is -0.293. The van der Waals surface area contributed by atoms with Crippen LogP contribution in [0.3, 0.4) is 0 Å². The first-order valence-corrected chi connectivity index (χ1v) is 9.85. The third kappa shape index (κ3) is 3.34. The van der Waals surface area contributed by atoms with Crippen molar-refractivity contribution >= 4 is 10.9 Å². The van der Waals surface area contributed by atoms with E-state index in [4.69, 9.17) is 4.98 Å². The van der Waals surface area contributed by atoms with E-state index in [0.717, 1.165) is 44.5 Å². The van der Waals surface area contributed by atoms with E-state index in [1.165, 1.54) is 12.1 Å². The summed E-state index contributed by atoms with van der Waals surface area (Å²) in [6.45, 7) is 1.96. The van der Waals surface area contributed by atoms with Crippen molar-refractivity contribution in [1.82, 2.24) is 15.0 Å². The van der Waals surface area contributed by atoms with Crippen molar-refractivity contribution in [3.8, 4) is 40.0 Å². The molecule has 5 rings (SSSR count). The van der Waals surface area contributed by atoms with Crippen molar-refractivity contribution in [1.29, 1.82) is 5.26 Å². The van der Waals surface area contributed by atoms with E-state index >= 15 is 0 Å². The van der Waals surface area contributed by atoms with Crippen molar-refractivity contribution in [3.63, 3.8) is 0 Å². The quantitative estimate of drug-likeness (QED) is 0.385. The molecule has 5 heteroatoms. The number of halogens is 1. The van der Waals surface area contributed by atoms with Gasteiger partial charge in [0.25, 0.3) is 0 Å². The van der Waals surface area contributed by atoms with Gasteiger partial charge < -0.3 is 4.98 Å². The van der Waals surface area contributed by atoms with Crippen molar-refractivity contribution in [2.24, 2.45) is 0 Å². The number of aromatic amines is 1. The zero-order chi connectivity index (χ0) is 21.4. The number of hydrogen-bond acceptors (Lipinski definition) is 3. The highest BCUT2D eigenvalue weighted by Crippen LogP contribution is 2.36. The number of nitrogens with zero attached hydrogens (tertiary/aromatic N) is 3. The normalized spacial score (nSPS) is 10.9. The average Bonchev–Trinajstić information content (AvgIpc) is 3.24. The average molecular weight is 404 g/mol. The van der Waals surface area contributed by atoms with Crippen LogP contribution >= 0.6 is 0 Å². The summed E-state index contributed by atoms with van der Waals surface area (Å²) in [5, 5.41) is 10.2. The third-order valence-electron chi connectivity index (χ3n) is 5.35. The van der Waals surface area contributed by atoms with Gasteiger partial charge in [0.1, 0.15) is 11.6 Å². The van der Waals surface area contributed by atoms with Gasteiger partial charge in [-0.25, -0.2) is 9.37 Å². The summed E-state index contributed by atoms with van der Waals surface area (Å²) < 4.78 is 13.6. The van der Waals surface area contributed by atoms with Crippen LogP contribution < -0.4 is 0 Å². The van der Waals surface area contributed by atoms with Gasteiger partial charge >= 0.3 is 0 Å². The van der Waals surface area contributed by atoms with E-state index in [1.54, 1.807) is 24.4 Å². The van der Waals surface area contributed by atoms with Gasteiger partial charge in [-0.1, -0.05) is 18.2 Å². The number of fused-ring (bicyclic) bond motifs is 1. The lowest BCUT2D eigenvalue weighted by Gasteiger charge is -2.07. The van der Waals surface area contributed by atoms with Crippen LogP contribution in [0.4, 0.5) is 4.39 Å². The highest BCUT2D eigenvalue weighted by molar-refractivity contribution is 5.97. The first-order chi connectivity index (χ1) is 15.1. The van der Waals surface area contributed by atoms with Crippen molar-refractivity contribution in [2.45, 2.75) is 6.92 Å². The number of aryl methyl sites for hydroxylation is 1. The molecule has 0 saturated carbocycles. The molecular weight excluding hydrogens is 387 g/mol. The van der Waals surface area contributed by atoms with Crippen LogP contribution in [0.5, 0.6) is 0 Å². The fourth-order valence-electron chi connectivity index (χ4n) is 3.83. The number of benzene rings is 3. The molecule has 31 heavy (non-hydrogen) atoms. The van der Waals surface area contributed by atoms with Gasteiger partial charge in [0.2, 0.25) is 0 Å². The van der Waals surface area contributed by atoms with Crippen LogP contribution in [-0.4, -0.2) is 15.0 Å². The molecule has 148 valence electrons. The Morgan fingerprint density at radius 3 is 2.52 bits per heavy atom. The second-order valence-electron chi connectivity index (χ2n) is 7.33. The monoisotopic (exact) mass is 404 g/mol. The lowest BCUT2D eigenvalue weighted by Crippen LogP contribution is -1.88. The predicted molar refractivity (Wildman–Crippen MR) is 120 cm³/mol. The summed E-state index contributed by atoms with van der Waals surface area (Å²) in [5.41, 5.74) is 6.69. The number of rotatable bonds is 3. The standard InChI is InChI=1S/C26H17FN4/c1-16-14-17(15-28)6-11-20(16)26-30-24(18-7-9-19(27)10-8-18)25(31-26)22-12-13-29-23-5-3-2-4-21(22)23/h2-14H,1H3,(H,30,31). The molecule has 0 spiro atoms. The molecular formula is C26H17FN4. The zero-order valence-electron chi connectivity index (χ0n) is 16.7. The van der Waals surface area contributed by atoms with Crippen LogP contribution in [0.25, 0.3) is 44.8 Å². The summed E-state index contributed by atoms with van der Waals surface area (Å²) in [5.74, 6) is 0.399. The van der Waals surface area contributed by atoms with Crippen molar-refractivity contribution < 1.29 is 4.39 Å². The van der Waals surface area contributed by atoms with Gasteiger partial charge in [-0.2, -0.15) is 5.26 Å². The molecule has 0 aliphatic carbocycles. The number of hydrogen-bond donors (Lipinski definition) is 1. The predicted octanol–water partition coefficient (Wildman–Crippen LogP) is 6.28. The molecule has 1 N–H and O–H groups in total. The minimum absolute atomic E-state index is 0.293. The lowest BCUT2D eigenvalue weighted by molar-refractivity contribution is 0.628. The fourth-order valence-corrected chi connectivity index (χ4v) is 3.83. The summed E-state index contributed by atoms with van der Waals surface area (Å²) in [6.07, 6.45) is 1.78. The molecule has 0 saturated heterocycles. The molecule has 0 amide bonds. The van der Waals surface area contributed by atoms with Gasteiger partial charge in [-0.15, -0.1) is 0 Å². The zero-order valence-corrected chi connectivity index (χ0v) is 16.7. The topological polar surface area (TPSA) is 65.4 Å². The summed E-state index contributed by atoms with van der Waals surface area (Å²) in [6, 6.07) is 23.9. The number of nitrogens with one attached hydrogen (secondary N) is 1. The van der Waals surface area contributed by atoms with Gasteiger partial charge in [-0.05, 0) is 67.1 Å². The SMILES string of the molecule is Cc1cc(C#N)ccc1-c1nc(-c2ccc(F)cc2)c(-c2ccnc3ccccc23)[nH]1. The van der Waals surface area contributed by atoms with Crippen LogP contribution in [0.2, 0.25) is 0 Å². The van der Waals surface area contributed by atoms with E-state index in [0.29, 0.717) is 11.4 Å². The van der Waals surface area contributed by atoms with E-state index < -0.39 is 0 Å². The van der Waals surface area contributed by atoms with Gasteiger partial charge in [-0.3, -0.25) is 4.98 Å². The van der Waals surface area contributed by atoms with E-state index in [-0.39, 0.29) is 5.82 Å². The Morgan fingerprint density at radius 1 is 0.935 bits per heavy atom. The summed E-state index contributed by atoms with van der Waals surface area (Å²) in [4.78, 5) is 12.8. The summed E-state index contributed by atoms with van der Waals surface area (Å²) in [7, 11) is 0. The van der Waals surface area contributed by atoms with Crippen LogP contribution in [0.1, 0.15) is 11.1 Å². The highest BCUT2D eigenvalue weighted by Gasteiger charge is 2.18. The maximum absolute atomic E-state index is 13.6. The first kappa shape index (κ1) is 18.7. The van der Waals surface area contributed by atoms with Crippen molar-refractivity contribution in [2.75, 3.05) is 0 Å². The maximum atomic E-state index is 13.6. The van der Waals surface area contributed by atoms with Crippen LogP contribution in [0, 0.1) is 24.1 Å². The number of aromatic nitrogens is 3. The molecule has 0 bridgehead atoms. The molecule has 5 aromatic rings. The number of H-pyrrole nitrogens is 1. The molecule has 2 heterocycles. The fraction of sp³-hybridized carbons (Fsp3) is 0.0385. The Bertz CT molecular complexity index is 1450. The Hall–Kier alpha value is -4.30. The molecule has 3 aromatic carbocycles. The minimum Gasteiger partial charge on any atom is -0.337 e. The van der Waals surface area contributed by atoms with Gasteiger partial charge in [0.05, 0.1) is 28.5 Å². The van der Waals surface area contributed by atoms with E-state index in [1.807, 2.05) is 49.4 Å². The molecule has 0 unspecified atom stereocenters. The molecule has 0 aliphatic heterocycles. The first-order valence-electron chi connectivity index (χ1n) is 9.85. The van der Waals surface area contributed by atoms with E-state index in [2.05, 4.69) is 16.0 Å². The molecule has 4 nitrogen and oxygen atoms in total. The smallest absolute Gasteiger partial charge is 0.138 e. The molecule has 0 radical (unpaired) electrons. The number of imidazole rings is 1. The van der Waals surface area contributed by atoms with Gasteiger partial charge in [0, 0.05) is 28.3 Å². The second kappa shape index (κ2) is 7.51. The molecule has 0 fully saturated rings. The Kier molecular flexibility index (Phi) is 4.53. The molecule has 0 atom stereocenters. The number of para-hydroxylation sites is 1. The second-order valence-corrected chi connectivity index (χ2v) is 7.33. The van der Waals surface area contributed by atoms with Crippen LogP contribution in [0.15, 0.2) is 79.0 Å². The largest absolute Gasteiger partial charge is 0.337 e. The maximum Gasteiger partial charge on any atom is 0.138 e. The Morgan fingerprint density at radius 2 is 1.74 bits per heavy atom. The Labute approximate surface area is 178 Å². The highest BCUT2D eigenvalue weighted by atomic mass is 19.1. The number of pyridine rings is 1.